The molecule has 0 spiro atoms. The lowest BCUT2D eigenvalue weighted by Gasteiger charge is -2.21. The van der Waals surface area contributed by atoms with Gasteiger partial charge in [0.2, 0.25) is 0 Å². The second-order valence-electron chi connectivity index (χ2n) is 6.80. The predicted molar refractivity (Wildman–Crippen MR) is 109 cm³/mol. The van der Waals surface area contributed by atoms with Gasteiger partial charge >= 0.3 is 5.97 Å². The van der Waals surface area contributed by atoms with Gasteiger partial charge in [-0.15, -0.1) is 0 Å². The highest BCUT2D eigenvalue weighted by Crippen LogP contribution is 2.14. The Balaban J connectivity index is 1.64. The van der Waals surface area contributed by atoms with Gasteiger partial charge in [0, 0.05) is 25.5 Å². The second kappa shape index (κ2) is 9.30. The van der Waals surface area contributed by atoms with Crippen LogP contribution in [0.2, 0.25) is 0 Å². The van der Waals surface area contributed by atoms with Crippen molar-refractivity contribution in [2.75, 3.05) is 13.2 Å². The van der Waals surface area contributed by atoms with E-state index < -0.39 is 12.6 Å². The number of hydrogen-bond acceptors (Lipinski definition) is 5. The number of amides is 1. The zero-order chi connectivity index (χ0) is 21.7. The van der Waals surface area contributed by atoms with Crippen molar-refractivity contribution in [2.45, 2.75) is 19.9 Å². The van der Waals surface area contributed by atoms with Crippen LogP contribution in [0.1, 0.15) is 18.2 Å². The lowest BCUT2D eigenvalue weighted by molar-refractivity contribution is -0.151. The van der Waals surface area contributed by atoms with Crippen LogP contribution in [0.15, 0.2) is 53.3 Å². The Morgan fingerprint density at radius 1 is 1.13 bits per heavy atom. The number of halogens is 1. The second-order valence-corrected chi connectivity index (χ2v) is 6.80. The molecule has 0 fully saturated rings. The molecule has 2 aromatic carbocycles. The number of esters is 1. The van der Waals surface area contributed by atoms with Crippen molar-refractivity contribution in [3.63, 3.8) is 0 Å². The quantitative estimate of drug-likeness (QED) is 0.557. The summed E-state index contributed by atoms with van der Waals surface area (Å²) in [6, 6.07) is 12.9. The summed E-state index contributed by atoms with van der Waals surface area (Å²) in [7, 11) is 1.51. The lowest BCUT2D eigenvalue weighted by Crippen LogP contribution is -2.34. The van der Waals surface area contributed by atoms with Crippen LogP contribution in [0.3, 0.4) is 0 Å². The molecular weight excluding hydrogens is 389 g/mol. The Kier molecular flexibility index (Phi) is 6.56. The van der Waals surface area contributed by atoms with Gasteiger partial charge in [0.25, 0.3) is 11.5 Å². The van der Waals surface area contributed by atoms with E-state index in [2.05, 4.69) is 5.10 Å². The zero-order valence-corrected chi connectivity index (χ0v) is 16.8. The number of carbonyl (C=O) groups is 2. The Labute approximate surface area is 172 Å². The summed E-state index contributed by atoms with van der Waals surface area (Å²) in [5, 5.41) is 5.19. The number of rotatable bonds is 7. The third-order valence-electron chi connectivity index (χ3n) is 4.70. The Morgan fingerprint density at radius 2 is 1.87 bits per heavy atom. The molecule has 0 unspecified atom stereocenters. The smallest absolute Gasteiger partial charge is 0.312 e. The van der Waals surface area contributed by atoms with E-state index >= 15 is 0 Å². The van der Waals surface area contributed by atoms with Gasteiger partial charge in [-0.05, 0) is 30.7 Å². The summed E-state index contributed by atoms with van der Waals surface area (Å²) in [4.78, 5) is 38.4. The van der Waals surface area contributed by atoms with Crippen molar-refractivity contribution in [2.24, 2.45) is 7.05 Å². The first-order valence-corrected chi connectivity index (χ1v) is 9.51. The minimum Gasteiger partial charge on any atom is -0.455 e. The van der Waals surface area contributed by atoms with Crippen LogP contribution in [0.4, 0.5) is 4.39 Å². The number of likely N-dealkylation sites (N-methyl/N-ethyl adjacent to an activating group) is 1. The molecular formula is C22H22FN3O4. The molecule has 1 heterocycles. The summed E-state index contributed by atoms with van der Waals surface area (Å²) in [6.07, 6.45) is -0.169. The average Bonchev–Trinajstić information content (AvgIpc) is 2.74. The molecule has 1 amide bonds. The van der Waals surface area contributed by atoms with E-state index in [1.807, 2.05) is 0 Å². The van der Waals surface area contributed by atoms with E-state index in [-0.39, 0.29) is 30.2 Å². The normalized spacial score (nSPS) is 10.8. The van der Waals surface area contributed by atoms with E-state index in [9.17, 15) is 18.8 Å². The van der Waals surface area contributed by atoms with Crippen LogP contribution >= 0.6 is 0 Å². The molecule has 0 atom stereocenters. The summed E-state index contributed by atoms with van der Waals surface area (Å²) < 4.78 is 19.7. The van der Waals surface area contributed by atoms with E-state index in [4.69, 9.17) is 4.74 Å². The lowest BCUT2D eigenvalue weighted by atomic mass is 10.1. The zero-order valence-electron chi connectivity index (χ0n) is 16.8. The molecule has 30 heavy (non-hydrogen) atoms. The molecule has 0 aliphatic carbocycles. The Morgan fingerprint density at radius 3 is 2.57 bits per heavy atom. The fourth-order valence-corrected chi connectivity index (χ4v) is 3.16. The number of aryl methyl sites for hydroxylation is 1. The van der Waals surface area contributed by atoms with Crippen LogP contribution in [-0.4, -0.2) is 39.7 Å². The number of fused-ring (bicyclic) bond motifs is 1. The fourth-order valence-electron chi connectivity index (χ4n) is 3.16. The number of nitrogens with zero attached hydrogens (tertiary/aromatic N) is 3. The van der Waals surface area contributed by atoms with Gasteiger partial charge < -0.3 is 9.64 Å². The van der Waals surface area contributed by atoms with Gasteiger partial charge in [0.15, 0.2) is 6.61 Å². The van der Waals surface area contributed by atoms with E-state index in [0.717, 1.165) is 0 Å². The van der Waals surface area contributed by atoms with Crippen LogP contribution in [0.25, 0.3) is 10.8 Å². The third kappa shape index (κ3) is 4.89. The highest BCUT2D eigenvalue weighted by molar-refractivity contribution is 5.87. The fraction of sp³-hybridized carbons (Fsp3) is 0.273. The van der Waals surface area contributed by atoms with Crippen molar-refractivity contribution in [3.8, 4) is 0 Å². The number of ether oxygens (including phenoxy) is 1. The minimum atomic E-state index is -0.624. The molecule has 3 rings (SSSR count). The average molecular weight is 411 g/mol. The van der Waals surface area contributed by atoms with Gasteiger partial charge in [0.05, 0.1) is 17.5 Å². The molecule has 3 aromatic rings. The standard InChI is InChI=1S/C22H22FN3O4/c1-3-26(13-15-7-6-8-16(23)11-15)20(27)14-30-21(28)12-19-17-9-4-5-10-18(17)22(29)25(2)24-19/h4-11H,3,12-14H2,1-2H3. The highest BCUT2D eigenvalue weighted by Gasteiger charge is 2.17. The molecule has 0 N–H and O–H groups in total. The van der Waals surface area contributed by atoms with Gasteiger partial charge in [0.1, 0.15) is 5.82 Å². The first-order valence-electron chi connectivity index (χ1n) is 9.51. The maximum atomic E-state index is 13.3. The van der Waals surface area contributed by atoms with Gasteiger partial charge in [-0.3, -0.25) is 14.4 Å². The van der Waals surface area contributed by atoms with Crippen LogP contribution < -0.4 is 5.56 Å². The summed E-state index contributed by atoms with van der Waals surface area (Å²) in [5.41, 5.74) is 0.795. The topological polar surface area (TPSA) is 81.5 Å². The number of carbonyl (C=O) groups excluding carboxylic acids is 2. The van der Waals surface area contributed by atoms with Crippen LogP contribution in [-0.2, 0) is 34.3 Å². The molecule has 0 aliphatic rings. The van der Waals surface area contributed by atoms with Crippen molar-refractivity contribution in [3.05, 3.63) is 76.0 Å². The maximum absolute atomic E-state index is 13.3. The summed E-state index contributed by atoms with van der Waals surface area (Å²) >= 11 is 0. The van der Waals surface area contributed by atoms with Crippen molar-refractivity contribution < 1.29 is 18.7 Å². The SMILES string of the molecule is CCN(Cc1cccc(F)c1)C(=O)COC(=O)Cc1nn(C)c(=O)c2ccccc12. The maximum Gasteiger partial charge on any atom is 0.312 e. The molecule has 7 nitrogen and oxygen atoms in total. The molecule has 8 heteroatoms. The Hall–Kier alpha value is -3.55. The van der Waals surface area contributed by atoms with Crippen LogP contribution in [0.5, 0.6) is 0 Å². The van der Waals surface area contributed by atoms with Gasteiger partial charge in [-0.25, -0.2) is 9.07 Å². The molecule has 156 valence electrons. The first-order chi connectivity index (χ1) is 14.4. The number of aromatic nitrogens is 2. The molecule has 0 saturated heterocycles. The van der Waals surface area contributed by atoms with Crippen molar-refractivity contribution >= 4 is 22.6 Å². The summed E-state index contributed by atoms with van der Waals surface area (Å²) in [6.45, 7) is 1.97. The first kappa shape index (κ1) is 21.2. The molecule has 1 aromatic heterocycles. The predicted octanol–water partition coefficient (Wildman–Crippen LogP) is 2.21. The largest absolute Gasteiger partial charge is 0.455 e. The molecule has 0 aliphatic heterocycles. The van der Waals surface area contributed by atoms with Crippen molar-refractivity contribution in [1.29, 1.82) is 0 Å². The highest BCUT2D eigenvalue weighted by atomic mass is 19.1. The molecule has 0 bridgehead atoms. The van der Waals surface area contributed by atoms with Gasteiger partial charge in [-0.2, -0.15) is 5.10 Å². The Bertz CT molecular complexity index is 1140. The monoisotopic (exact) mass is 411 g/mol. The summed E-state index contributed by atoms with van der Waals surface area (Å²) in [5.74, 6) is -1.38. The number of hydrogen-bond donors (Lipinski definition) is 0. The van der Waals surface area contributed by atoms with E-state index in [1.54, 1.807) is 43.3 Å². The van der Waals surface area contributed by atoms with E-state index in [1.165, 1.54) is 28.8 Å². The third-order valence-corrected chi connectivity index (χ3v) is 4.70. The number of benzene rings is 2. The van der Waals surface area contributed by atoms with Gasteiger partial charge in [-0.1, -0.05) is 30.3 Å². The van der Waals surface area contributed by atoms with Crippen molar-refractivity contribution in [1.82, 2.24) is 14.7 Å². The van der Waals surface area contributed by atoms with E-state index in [0.29, 0.717) is 28.6 Å². The molecule has 0 saturated carbocycles. The minimum absolute atomic E-state index is 0.169. The van der Waals surface area contributed by atoms with Crippen LogP contribution in [0, 0.1) is 5.82 Å². The molecule has 0 radical (unpaired) electrons.